The predicted molar refractivity (Wildman–Crippen MR) is 81.1 cm³/mol. The van der Waals surface area contributed by atoms with Gasteiger partial charge in [0.05, 0.1) is 12.0 Å². The molecule has 0 spiro atoms. The number of hydrogen-bond acceptors (Lipinski definition) is 6. The van der Waals surface area contributed by atoms with Crippen LogP contribution >= 0.6 is 11.3 Å². The Morgan fingerprint density at radius 1 is 1.45 bits per heavy atom. The molecule has 0 saturated carbocycles. The number of aromatic nitrogens is 3. The summed E-state index contributed by atoms with van der Waals surface area (Å²) in [6.07, 6.45) is 3.54. The molecule has 1 saturated heterocycles. The van der Waals surface area contributed by atoms with Crippen LogP contribution in [0.4, 0.5) is 5.13 Å². The fourth-order valence-electron chi connectivity index (χ4n) is 2.66. The van der Waals surface area contributed by atoms with Gasteiger partial charge in [-0.05, 0) is 18.6 Å². The van der Waals surface area contributed by atoms with Crippen LogP contribution in [0.5, 0.6) is 0 Å². The molecule has 2 aromatic rings. The first-order valence-electron chi connectivity index (χ1n) is 6.83. The molecule has 8 heteroatoms. The summed E-state index contributed by atoms with van der Waals surface area (Å²) >= 11 is 1.31. The van der Waals surface area contributed by atoms with Crippen molar-refractivity contribution in [3.63, 3.8) is 0 Å². The van der Waals surface area contributed by atoms with E-state index in [-0.39, 0.29) is 24.3 Å². The van der Waals surface area contributed by atoms with Crippen molar-refractivity contribution in [1.82, 2.24) is 20.1 Å². The molecule has 0 radical (unpaired) electrons. The van der Waals surface area contributed by atoms with Gasteiger partial charge in [0, 0.05) is 25.9 Å². The second-order valence-corrected chi connectivity index (χ2v) is 6.34. The van der Waals surface area contributed by atoms with Gasteiger partial charge in [0.2, 0.25) is 16.9 Å². The van der Waals surface area contributed by atoms with Gasteiger partial charge in [0.1, 0.15) is 5.01 Å². The number of pyridine rings is 1. The van der Waals surface area contributed by atoms with Crippen molar-refractivity contribution in [2.24, 2.45) is 5.92 Å². The first kappa shape index (κ1) is 14.6. The quantitative estimate of drug-likeness (QED) is 0.924. The van der Waals surface area contributed by atoms with Gasteiger partial charge in [-0.15, -0.1) is 10.2 Å². The van der Waals surface area contributed by atoms with Crippen molar-refractivity contribution in [1.29, 1.82) is 0 Å². The molecule has 2 amide bonds. The van der Waals surface area contributed by atoms with Crippen molar-refractivity contribution >= 4 is 28.3 Å². The lowest BCUT2D eigenvalue weighted by Crippen LogP contribution is -2.30. The molecule has 0 unspecified atom stereocenters. The molecule has 3 heterocycles. The molecule has 1 N–H and O–H groups in total. The third-order valence-corrected chi connectivity index (χ3v) is 4.46. The van der Waals surface area contributed by atoms with Crippen molar-refractivity contribution in [3.05, 3.63) is 35.1 Å². The summed E-state index contributed by atoms with van der Waals surface area (Å²) in [6.45, 7) is 1.82. The van der Waals surface area contributed by atoms with Gasteiger partial charge in [-0.2, -0.15) is 0 Å². The fourth-order valence-corrected chi connectivity index (χ4v) is 3.25. The molecule has 1 fully saturated rings. The summed E-state index contributed by atoms with van der Waals surface area (Å²) in [5, 5.41) is 11.7. The van der Waals surface area contributed by atoms with E-state index in [1.54, 1.807) is 30.4 Å². The maximum absolute atomic E-state index is 12.5. The van der Waals surface area contributed by atoms with E-state index in [0.717, 1.165) is 10.6 Å². The van der Waals surface area contributed by atoms with Crippen LogP contribution in [0.3, 0.4) is 0 Å². The average molecular weight is 317 g/mol. The number of aryl methyl sites for hydroxylation is 1. The summed E-state index contributed by atoms with van der Waals surface area (Å²) in [5.74, 6) is -0.740. The van der Waals surface area contributed by atoms with Crippen molar-refractivity contribution in [2.45, 2.75) is 19.4 Å². The standard InChI is InChI=1S/C14H15N5O2S/c1-8-17-18-14(22-8)16-13(21)10-6-11(20)19(2)12(10)9-4-3-5-15-7-9/h3-5,7,10,12H,6H2,1-2H3,(H,16,18,21)/t10-,12-/m0/s1. The average Bonchev–Trinajstić information content (AvgIpc) is 3.04. The third-order valence-electron chi connectivity index (χ3n) is 3.71. The molecule has 22 heavy (non-hydrogen) atoms. The zero-order valence-electron chi connectivity index (χ0n) is 12.2. The Morgan fingerprint density at radius 3 is 2.91 bits per heavy atom. The summed E-state index contributed by atoms with van der Waals surface area (Å²) in [4.78, 5) is 30.2. The largest absolute Gasteiger partial charge is 0.338 e. The van der Waals surface area contributed by atoms with E-state index in [9.17, 15) is 9.59 Å². The number of anilines is 1. The lowest BCUT2D eigenvalue weighted by Gasteiger charge is -2.24. The maximum Gasteiger partial charge on any atom is 0.232 e. The van der Waals surface area contributed by atoms with E-state index in [2.05, 4.69) is 20.5 Å². The molecule has 2 aromatic heterocycles. The number of nitrogens with one attached hydrogen (secondary N) is 1. The molecule has 0 bridgehead atoms. The van der Waals surface area contributed by atoms with Crippen molar-refractivity contribution in [2.75, 3.05) is 12.4 Å². The van der Waals surface area contributed by atoms with Gasteiger partial charge in [-0.25, -0.2) is 0 Å². The second kappa shape index (κ2) is 5.80. The second-order valence-electron chi connectivity index (χ2n) is 5.16. The Morgan fingerprint density at radius 2 is 2.27 bits per heavy atom. The van der Waals surface area contributed by atoms with Crippen LogP contribution < -0.4 is 5.32 Å². The van der Waals surface area contributed by atoms with Crippen molar-refractivity contribution < 1.29 is 9.59 Å². The minimum absolute atomic E-state index is 0.0533. The number of carbonyl (C=O) groups is 2. The lowest BCUT2D eigenvalue weighted by atomic mass is 9.94. The molecule has 7 nitrogen and oxygen atoms in total. The highest BCUT2D eigenvalue weighted by Crippen LogP contribution is 2.37. The Kier molecular flexibility index (Phi) is 3.84. The molecule has 3 rings (SSSR count). The summed E-state index contributed by atoms with van der Waals surface area (Å²) in [5.41, 5.74) is 0.851. The van der Waals surface area contributed by atoms with E-state index < -0.39 is 5.92 Å². The van der Waals surface area contributed by atoms with Gasteiger partial charge >= 0.3 is 0 Å². The van der Waals surface area contributed by atoms with Gasteiger partial charge in [0.25, 0.3) is 0 Å². The molecule has 2 atom stereocenters. The predicted octanol–water partition coefficient (Wildman–Crippen LogP) is 1.40. The van der Waals surface area contributed by atoms with Gasteiger partial charge in [0.15, 0.2) is 0 Å². The topological polar surface area (TPSA) is 88.1 Å². The zero-order valence-corrected chi connectivity index (χ0v) is 13.0. The first-order valence-corrected chi connectivity index (χ1v) is 7.64. The van der Waals surface area contributed by atoms with E-state index in [4.69, 9.17) is 0 Å². The highest BCUT2D eigenvalue weighted by molar-refractivity contribution is 7.15. The van der Waals surface area contributed by atoms with Crippen LogP contribution in [0.15, 0.2) is 24.5 Å². The molecule has 0 aromatic carbocycles. The van der Waals surface area contributed by atoms with Gasteiger partial charge in [-0.1, -0.05) is 17.4 Å². The van der Waals surface area contributed by atoms with Crippen LogP contribution in [0.2, 0.25) is 0 Å². The number of rotatable bonds is 3. The van der Waals surface area contributed by atoms with Crippen LogP contribution in [0, 0.1) is 12.8 Å². The van der Waals surface area contributed by atoms with E-state index >= 15 is 0 Å². The third kappa shape index (κ3) is 2.69. The Balaban J connectivity index is 1.84. The summed E-state index contributed by atoms with van der Waals surface area (Å²) in [7, 11) is 1.71. The van der Waals surface area contributed by atoms with Crippen LogP contribution in [0.25, 0.3) is 0 Å². The van der Waals surface area contributed by atoms with Crippen LogP contribution in [-0.2, 0) is 9.59 Å². The Labute approximate surface area is 131 Å². The minimum Gasteiger partial charge on any atom is -0.338 e. The number of likely N-dealkylation sites (tertiary alicyclic amines) is 1. The lowest BCUT2D eigenvalue weighted by molar-refractivity contribution is -0.127. The van der Waals surface area contributed by atoms with Crippen LogP contribution in [-0.4, -0.2) is 38.9 Å². The highest BCUT2D eigenvalue weighted by atomic mass is 32.1. The SMILES string of the molecule is Cc1nnc(NC(=O)[C@H]2CC(=O)N(C)[C@H]2c2cccnc2)s1. The van der Waals surface area contributed by atoms with Gasteiger partial charge < -0.3 is 10.2 Å². The number of hydrogen-bond donors (Lipinski definition) is 1. The molecular weight excluding hydrogens is 302 g/mol. The minimum atomic E-state index is -0.467. The number of nitrogens with zero attached hydrogens (tertiary/aromatic N) is 4. The summed E-state index contributed by atoms with van der Waals surface area (Å²) < 4.78 is 0. The Hall–Kier alpha value is -2.35. The smallest absolute Gasteiger partial charge is 0.232 e. The Bertz CT molecular complexity index is 702. The highest BCUT2D eigenvalue weighted by Gasteiger charge is 2.43. The monoisotopic (exact) mass is 317 g/mol. The fraction of sp³-hybridized carbons (Fsp3) is 0.357. The van der Waals surface area contributed by atoms with Crippen molar-refractivity contribution in [3.8, 4) is 0 Å². The van der Waals surface area contributed by atoms with E-state index in [0.29, 0.717) is 5.13 Å². The van der Waals surface area contributed by atoms with E-state index in [1.165, 1.54) is 11.3 Å². The summed E-state index contributed by atoms with van der Waals surface area (Å²) in [6, 6.07) is 3.37. The molecular formula is C14H15N5O2S. The number of amides is 2. The molecule has 114 valence electrons. The zero-order chi connectivity index (χ0) is 15.7. The number of carbonyl (C=O) groups excluding carboxylic acids is 2. The van der Waals surface area contributed by atoms with Crippen LogP contribution in [0.1, 0.15) is 23.0 Å². The van der Waals surface area contributed by atoms with Gasteiger partial charge in [-0.3, -0.25) is 14.6 Å². The molecule has 1 aliphatic rings. The molecule has 0 aliphatic carbocycles. The molecule has 1 aliphatic heterocycles. The first-order chi connectivity index (χ1) is 10.6. The normalized spacial score (nSPS) is 21.2. The van der Waals surface area contributed by atoms with E-state index in [1.807, 2.05) is 13.0 Å². The maximum atomic E-state index is 12.5.